The number of nitrogens with zero attached hydrogens (tertiary/aromatic N) is 6. The SMILES string of the molecule is Cc1cncnc1N1CCN(Cc2cn3ccccc3n2)CC1. The molecule has 0 N–H and O–H groups in total. The number of piperazine rings is 1. The van der Waals surface area contributed by atoms with Crippen LogP contribution in [0.2, 0.25) is 0 Å². The number of pyridine rings is 1. The van der Waals surface area contributed by atoms with Gasteiger partial charge in [-0.2, -0.15) is 0 Å². The monoisotopic (exact) mass is 308 g/mol. The molecule has 118 valence electrons. The number of anilines is 1. The van der Waals surface area contributed by atoms with Crippen molar-refractivity contribution >= 4 is 11.5 Å². The molecular formula is C17H20N6. The summed E-state index contributed by atoms with van der Waals surface area (Å²) in [5.41, 5.74) is 3.28. The van der Waals surface area contributed by atoms with Crippen molar-refractivity contribution in [2.45, 2.75) is 13.5 Å². The van der Waals surface area contributed by atoms with Crippen LogP contribution in [0.25, 0.3) is 5.65 Å². The van der Waals surface area contributed by atoms with E-state index in [9.17, 15) is 0 Å². The molecule has 3 aromatic rings. The topological polar surface area (TPSA) is 49.6 Å². The van der Waals surface area contributed by atoms with Crippen molar-refractivity contribution in [3.05, 3.63) is 54.4 Å². The highest BCUT2D eigenvalue weighted by Gasteiger charge is 2.20. The van der Waals surface area contributed by atoms with Gasteiger partial charge in [0.15, 0.2) is 0 Å². The fourth-order valence-corrected chi connectivity index (χ4v) is 3.13. The molecule has 6 nitrogen and oxygen atoms in total. The molecule has 0 aromatic carbocycles. The standard InChI is InChI=1S/C17H20N6/c1-14-10-18-13-19-17(14)22-8-6-21(7-9-22)11-15-12-23-5-3-2-4-16(23)20-15/h2-5,10,12-13H,6-9,11H2,1H3. The second kappa shape index (κ2) is 5.96. The molecule has 0 aliphatic carbocycles. The van der Waals surface area contributed by atoms with Gasteiger partial charge in [-0.3, -0.25) is 4.90 Å². The number of fused-ring (bicyclic) bond motifs is 1. The van der Waals surface area contributed by atoms with E-state index in [0.717, 1.165) is 55.4 Å². The Morgan fingerprint density at radius 3 is 2.78 bits per heavy atom. The molecule has 4 rings (SSSR count). The molecule has 1 aliphatic rings. The molecule has 3 aromatic heterocycles. The van der Waals surface area contributed by atoms with E-state index in [1.54, 1.807) is 6.33 Å². The third-order valence-corrected chi connectivity index (χ3v) is 4.34. The third-order valence-electron chi connectivity index (χ3n) is 4.34. The van der Waals surface area contributed by atoms with E-state index in [1.807, 2.05) is 30.6 Å². The zero-order valence-corrected chi connectivity index (χ0v) is 13.3. The Morgan fingerprint density at radius 1 is 1.13 bits per heavy atom. The quantitative estimate of drug-likeness (QED) is 0.738. The van der Waals surface area contributed by atoms with Crippen molar-refractivity contribution in [3.8, 4) is 0 Å². The van der Waals surface area contributed by atoms with E-state index in [-0.39, 0.29) is 0 Å². The summed E-state index contributed by atoms with van der Waals surface area (Å²) in [4.78, 5) is 18.0. The summed E-state index contributed by atoms with van der Waals surface area (Å²) in [6.45, 7) is 7.00. The smallest absolute Gasteiger partial charge is 0.137 e. The van der Waals surface area contributed by atoms with Gasteiger partial charge >= 0.3 is 0 Å². The number of aromatic nitrogens is 4. The van der Waals surface area contributed by atoms with Crippen LogP contribution in [0.15, 0.2) is 43.1 Å². The Balaban J connectivity index is 1.41. The van der Waals surface area contributed by atoms with Crippen LogP contribution >= 0.6 is 0 Å². The second-order valence-corrected chi connectivity index (χ2v) is 5.99. The van der Waals surface area contributed by atoms with E-state index in [4.69, 9.17) is 0 Å². The van der Waals surface area contributed by atoms with Gasteiger partial charge in [0.1, 0.15) is 17.8 Å². The van der Waals surface area contributed by atoms with Crippen molar-refractivity contribution in [1.29, 1.82) is 0 Å². The minimum atomic E-state index is 0.901. The highest BCUT2D eigenvalue weighted by molar-refractivity contribution is 5.45. The molecule has 0 bridgehead atoms. The van der Waals surface area contributed by atoms with Crippen LogP contribution in [0.4, 0.5) is 5.82 Å². The summed E-state index contributed by atoms with van der Waals surface area (Å²) in [6.07, 6.45) is 7.68. The van der Waals surface area contributed by atoms with Crippen molar-refractivity contribution in [2.24, 2.45) is 0 Å². The van der Waals surface area contributed by atoms with Gasteiger partial charge in [0, 0.05) is 56.9 Å². The lowest BCUT2D eigenvalue weighted by Gasteiger charge is -2.35. The molecule has 1 aliphatic heterocycles. The molecule has 0 saturated carbocycles. The summed E-state index contributed by atoms with van der Waals surface area (Å²) in [6, 6.07) is 6.09. The van der Waals surface area contributed by atoms with Gasteiger partial charge in [-0.15, -0.1) is 0 Å². The first-order valence-electron chi connectivity index (χ1n) is 7.96. The summed E-state index contributed by atoms with van der Waals surface area (Å²) in [7, 11) is 0. The predicted octanol–water partition coefficient (Wildman–Crippen LogP) is 1.75. The summed E-state index contributed by atoms with van der Waals surface area (Å²) in [5, 5.41) is 0. The molecular weight excluding hydrogens is 288 g/mol. The highest BCUT2D eigenvalue weighted by Crippen LogP contribution is 2.18. The fraction of sp³-hybridized carbons (Fsp3) is 0.353. The van der Waals surface area contributed by atoms with Crippen LogP contribution < -0.4 is 4.90 Å². The normalized spacial score (nSPS) is 16.1. The molecule has 23 heavy (non-hydrogen) atoms. The number of imidazole rings is 1. The van der Waals surface area contributed by atoms with Crippen LogP contribution in [-0.4, -0.2) is 50.4 Å². The Morgan fingerprint density at radius 2 is 2.00 bits per heavy atom. The average molecular weight is 308 g/mol. The number of hydrogen-bond donors (Lipinski definition) is 0. The first-order valence-corrected chi connectivity index (χ1v) is 7.96. The largest absolute Gasteiger partial charge is 0.354 e. The molecule has 0 spiro atoms. The van der Waals surface area contributed by atoms with Crippen molar-refractivity contribution in [1.82, 2.24) is 24.3 Å². The van der Waals surface area contributed by atoms with E-state index < -0.39 is 0 Å². The van der Waals surface area contributed by atoms with Crippen molar-refractivity contribution in [2.75, 3.05) is 31.1 Å². The molecule has 1 fully saturated rings. The average Bonchev–Trinajstić information content (AvgIpc) is 2.98. The summed E-state index contributed by atoms with van der Waals surface area (Å²) < 4.78 is 2.08. The van der Waals surface area contributed by atoms with E-state index >= 15 is 0 Å². The number of rotatable bonds is 3. The number of hydrogen-bond acceptors (Lipinski definition) is 5. The van der Waals surface area contributed by atoms with Gasteiger partial charge < -0.3 is 9.30 Å². The maximum absolute atomic E-state index is 4.69. The summed E-state index contributed by atoms with van der Waals surface area (Å²) >= 11 is 0. The molecule has 4 heterocycles. The molecule has 6 heteroatoms. The highest BCUT2D eigenvalue weighted by atomic mass is 15.3. The van der Waals surface area contributed by atoms with Crippen LogP contribution in [0, 0.1) is 6.92 Å². The number of aryl methyl sites for hydroxylation is 1. The Kier molecular flexibility index (Phi) is 3.67. The molecule has 0 unspecified atom stereocenters. The zero-order chi connectivity index (χ0) is 15.6. The van der Waals surface area contributed by atoms with Crippen LogP contribution in [-0.2, 0) is 6.54 Å². The van der Waals surface area contributed by atoms with Gasteiger partial charge in [0.05, 0.1) is 5.69 Å². The zero-order valence-electron chi connectivity index (χ0n) is 13.3. The maximum atomic E-state index is 4.69. The Bertz CT molecular complexity index is 770. The van der Waals surface area contributed by atoms with Crippen LogP contribution in [0.1, 0.15) is 11.3 Å². The molecule has 0 radical (unpaired) electrons. The lowest BCUT2D eigenvalue weighted by molar-refractivity contribution is 0.247. The third kappa shape index (κ3) is 2.90. The van der Waals surface area contributed by atoms with Gasteiger partial charge in [-0.25, -0.2) is 15.0 Å². The fourth-order valence-electron chi connectivity index (χ4n) is 3.13. The van der Waals surface area contributed by atoms with E-state index in [1.165, 1.54) is 0 Å². The van der Waals surface area contributed by atoms with Crippen LogP contribution in [0.3, 0.4) is 0 Å². The van der Waals surface area contributed by atoms with Crippen LogP contribution in [0.5, 0.6) is 0 Å². The maximum Gasteiger partial charge on any atom is 0.137 e. The first kappa shape index (κ1) is 14.1. The lowest BCUT2D eigenvalue weighted by Crippen LogP contribution is -2.46. The van der Waals surface area contributed by atoms with E-state index in [2.05, 4.69) is 42.3 Å². The van der Waals surface area contributed by atoms with Gasteiger partial charge in [0.25, 0.3) is 0 Å². The Hall–Kier alpha value is -2.47. The van der Waals surface area contributed by atoms with E-state index in [0.29, 0.717) is 0 Å². The van der Waals surface area contributed by atoms with Crippen molar-refractivity contribution in [3.63, 3.8) is 0 Å². The first-order chi connectivity index (χ1) is 11.3. The predicted molar refractivity (Wildman–Crippen MR) is 89.5 cm³/mol. The second-order valence-electron chi connectivity index (χ2n) is 5.99. The van der Waals surface area contributed by atoms with Gasteiger partial charge in [0.2, 0.25) is 0 Å². The summed E-state index contributed by atoms with van der Waals surface area (Å²) in [5.74, 6) is 1.06. The molecule has 0 amide bonds. The molecule has 0 atom stereocenters. The Labute approximate surface area is 135 Å². The minimum Gasteiger partial charge on any atom is -0.354 e. The van der Waals surface area contributed by atoms with Crippen molar-refractivity contribution < 1.29 is 0 Å². The minimum absolute atomic E-state index is 0.901. The van der Waals surface area contributed by atoms with Gasteiger partial charge in [-0.1, -0.05) is 6.07 Å². The molecule has 1 saturated heterocycles. The lowest BCUT2D eigenvalue weighted by atomic mass is 10.2. The van der Waals surface area contributed by atoms with Gasteiger partial charge in [-0.05, 0) is 19.1 Å².